The fourth-order valence-corrected chi connectivity index (χ4v) is 2.65. The minimum absolute atomic E-state index is 0.275. The van der Waals surface area contributed by atoms with Crippen LogP contribution in [-0.2, 0) is 12.1 Å². The minimum atomic E-state index is -4.66. The molecule has 1 saturated carbocycles. The maximum absolute atomic E-state index is 13.6. The number of hydrogen-bond acceptors (Lipinski definition) is 1. The molecule has 3 rings (SSSR count). The van der Waals surface area contributed by atoms with E-state index < -0.39 is 35.3 Å². The summed E-state index contributed by atoms with van der Waals surface area (Å²) in [4.78, 5) is 0. The molecule has 7 heteroatoms. The molecule has 0 saturated heterocycles. The average molecular weight is 238 g/mol. The molecule has 1 unspecified atom stereocenters. The van der Waals surface area contributed by atoms with E-state index in [1.165, 1.54) is 0 Å². The third-order valence-corrected chi connectivity index (χ3v) is 3.52. The van der Waals surface area contributed by atoms with Crippen LogP contribution in [0.4, 0.5) is 22.0 Å². The molecule has 0 spiro atoms. The Bertz CT molecular complexity index is 447. The zero-order valence-corrected chi connectivity index (χ0v) is 7.91. The van der Waals surface area contributed by atoms with E-state index in [0.29, 0.717) is 6.42 Å². The summed E-state index contributed by atoms with van der Waals surface area (Å²) in [6.45, 7) is 0. The van der Waals surface area contributed by atoms with Crippen LogP contribution in [0, 0.1) is 5.92 Å². The first-order valence-electron chi connectivity index (χ1n) is 4.87. The first kappa shape index (κ1) is 10.0. The third kappa shape index (κ3) is 0.985. The van der Waals surface area contributed by atoms with Gasteiger partial charge < -0.3 is 0 Å². The van der Waals surface area contributed by atoms with E-state index in [0.717, 1.165) is 0 Å². The van der Waals surface area contributed by atoms with Gasteiger partial charge in [-0.1, -0.05) is 0 Å². The zero-order chi connectivity index (χ0) is 11.7. The number of aromatic nitrogens is 2. The average Bonchev–Trinajstić information content (AvgIpc) is 2.48. The smallest absolute Gasteiger partial charge is 0.276 e. The second kappa shape index (κ2) is 2.57. The highest BCUT2D eigenvalue weighted by molar-refractivity contribution is 5.42. The number of aromatic amines is 1. The summed E-state index contributed by atoms with van der Waals surface area (Å²) in [5.74, 6) is -4.84. The molecule has 1 fully saturated rings. The van der Waals surface area contributed by atoms with Crippen molar-refractivity contribution in [1.82, 2.24) is 10.2 Å². The molecular weight excluding hydrogens is 231 g/mol. The summed E-state index contributed by atoms with van der Waals surface area (Å²) < 4.78 is 64.8. The normalized spacial score (nSPS) is 30.8. The van der Waals surface area contributed by atoms with Crippen molar-refractivity contribution >= 4 is 0 Å². The van der Waals surface area contributed by atoms with Crippen LogP contribution in [0.15, 0.2) is 0 Å². The fraction of sp³-hybridized carbons (Fsp3) is 0.667. The van der Waals surface area contributed by atoms with Gasteiger partial charge >= 0.3 is 6.18 Å². The highest BCUT2D eigenvalue weighted by atomic mass is 19.4. The van der Waals surface area contributed by atoms with Gasteiger partial charge in [0.25, 0.3) is 5.92 Å². The van der Waals surface area contributed by atoms with E-state index in [1.807, 2.05) is 5.10 Å². The molecule has 16 heavy (non-hydrogen) atoms. The first-order chi connectivity index (χ1) is 7.33. The molecule has 0 radical (unpaired) electrons. The van der Waals surface area contributed by atoms with Gasteiger partial charge in [-0.3, -0.25) is 5.10 Å². The molecule has 2 nitrogen and oxygen atoms in total. The van der Waals surface area contributed by atoms with Crippen molar-refractivity contribution in [3.63, 3.8) is 0 Å². The van der Waals surface area contributed by atoms with Crippen LogP contribution >= 0.6 is 0 Å². The maximum Gasteiger partial charge on any atom is 0.435 e. The lowest BCUT2D eigenvalue weighted by Gasteiger charge is -2.34. The lowest BCUT2D eigenvalue weighted by molar-refractivity contribution is -0.142. The molecule has 1 aromatic rings. The van der Waals surface area contributed by atoms with Crippen LogP contribution in [-0.4, -0.2) is 10.2 Å². The van der Waals surface area contributed by atoms with Crippen molar-refractivity contribution in [2.45, 2.75) is 30.9 Å². The van der Waals surface area contributed by atoms with Crippen LogP contribution in [0.3, 0.4) is 0 Å². The Morgan fingerprint density at radius 2 is 1.94 bits per heavy atom. The Kier molecular flexibility index (Phi) is 1.61. The van der Waals surface area contributed by atoms with Gasteiger partial charge in [-0.25, -0.2) is 0 Å². The number of fused-ring (bicyclic) bond motifs is 3. The summed E-state index contributed by atoms with van der Waals surface area (Å²) in [7, 11) is 0. The Labute approximate surface area is 86.8 Å². The van der Waals surface area contributed by atoms with Crippen molar-refractivity contribution in [3.8, 4) is 0 Å². The Morgan fingerprint density at radius 1 is 1.25 bits per heavy atom. The molecule has 2 aliphatic rings. The molecule has 0 aromatic carbocycles. The van der Waals surface area contributed by atoms with Gasteiger partial charge in [0.05, 0.1) is 0 Å². The van der Waals surface area contributed by atoms with E-state index in [1.54, 1.807) is 0 Å². The van der Waals surface area contributed by atoms with Gasteiger partial charge in [-0.2, -0.15) is 27.1 Å². The van der Waals surface area contributed by atoms with E-state index in [9.17, 15) is 22.0 Å². The second-order valence-corrected chi connectivity index (χ2v) is 4.27. The van der Waals surface area contributed by atoms with Crippen molar-refractivity contribution in [2.24, 2.45) is 5.92 Å². The van der Waals surface area contributed by atoms with E-state index in [-0.39, 0.29) is 12.0 Å². The molecular formula is C9H7F5N2. The summed E-state index contributed by atoms with van der Waals surface area (Å²) in [5.41, 5.74) is -2.12. The van der Waals surface area contributed by atoms with Gasteiger partial charge in [0.1, 0.15) is 5.69 Å². The van der Waals surface area contributed by atoms with Gasteiger partial charge in [-0.05, 0) is 18.8 Å². The number of nitrogens with one attached hydrogen (secondary N) is 1. The monoisotopic (exact) mass is 238 g/mol. The molecule has 1 heterocycles. The summed E-state index contributed by atoms with van der Waals surface area (Å²) >= 11 is 0. The SMILES string of the molecule is FC(F)(F)c1n[nH]c2c1C1CC[C@H]1C2(F)F. The van der Waals surface area contributed by atoms with Gasteiger partial charge in [0, 0.05) is 11.5 Å². The lowest BCUT2D eigenvalue weighted by atomic mass is 9.73. The Morgan fingerprint density at radius 3 is 2.44 bits per heavy atom. The van der Waals surface area contributed by atoms with Gasteiger partial charge in [0.2, 0.25) is 0 Å². The number of H-pyrrole nitrogens is 1. The standard InChI is InChI=1S/C9H7F5N2/c10-8(11)4-2-1-3(4)5-6(8)15-16-7(5)9(12,13)14/h3-4H,1-2H2,(H,15,16)/t3?,4-/m1/s1. The van der Waals surface area contributed by atoms with Crippen molar-refractivity contribution in [1.29, 1.82) is 0 Å². The van der Waals surface area contributed by atoms with Crippen LogP contribution in [0.5, 0.6) is 0 Å². The first-order valence-corrected chi connectivity index (χ1v) is 4.87. The highest BCUT2D eigenvalue weighted by Crippen LogP contribution is 2.63. The largest absolute Gasteiger partial charge is 0.435 e. The topological polar surface area (TPSA) is 28.7 Å². The fourth-order valence-electron chi connectivity index (χ4n) is 2.65. The van der Waals surface area contributed by atoms with E-state index in [4.69, 9.17) is 0 Å². The molecule has 2 atom stereocenters. The second-order valence-electron chi connectivity index (χ2n) is 4.27. The maximum atomic E-state index is 13.6. The van der Waals surface area contributed by atoms with Crippen LogP contribution < -0.4 is 0 Å². The zero-order valence-electron chi connectivity index (χ0n) is 7.91. The Balaban J connectivity index is 2.17. The molecule has 88 valence electrons. The van der Waals surface area contributed by atoms with Crippen molar-refractivity contribution in [3.05, 3.63) is 17.0 Å². The van der Waals surface area contributed by atoms with E-state index >= 15 is 0 Å². The molecule has 0 aliphatic heterocycles. The molecule has 0 amide bonds. The van der Waals surface area contributed by atoms with Crippen molar-refractivity contribution < 1.29 is 22.0 Å². The molecule has 2 aliphatic carbocycles. The number of rotatable bonds is 0. The van der Waals surface area contributed by atoms with E-state index in [2.05, 4.69) is 5.10 Å². The van der Waals surface area contributed by atoms with Crippen LogP contribution in [0.25, 0.3) is 0 Å². The number of hydrogen-bond donors (Lipinski definition) is 1. The van der Waals surface area contributed by atoms with Crippen LogP contribution in [0.2, 0.25) is 0 Å². The minimum Gasteiger partial charge on any atom is -0.276 e. The van der Waals surface area contributed by atoms with Gasteiger partial charge in [0.15, 0.2) is 5.69 Å². The number of halogens is 5. The number of alkyl halides is 5. The summed E-state index contributed by atoms with van der Waals surface area (Å²) in [6.07, 6.45) is -4.00. The number of nitrogens with zero attached hydrogens (tertiary/aromatic N) is 1. The van der Waals surface area contributed by atoms with Crippen molar-refractivity contribution in [2.75, 3.05) is 0 Å². The predicted octanol–water partition coefficient (Wildman–Crippen LogP) is 3.03. The highest BCUT2D eigenvalue weighted by Gasteiger charge is 2.62. The quantitative estimate of drug-likeness (QED) is 0.691. The third-order valence-electron chi connectivity index (χ3n) is 3.52. The molecule has 1 aromatic heterocycles. The van der Waals surface area contributed by atoms with Crippen LogP contribution in [0.1, 0.15) is 35.7 Å². The summed E-state index contributed by atoms with van der Waals surface area (Å²) in [6, 6.07) is 0. The summed E-state index contributed by atoms with van der Waals surface area (Å²) in [5, 5.41) is 4.86. The predicted molar refractivity (Wildman–Crippen MR) is 42.9 cm³/mol. The Hall–Kier alpha value is -1.14. The molecule has 1 N–H and O–H groups in total. The lowest BCUT2D eigenvalue weighted by Crippen LogP contribution is -2.31. The molecule has 0 bridgehead atoms. The van der Waals surface area contributed by atoms with Gasteiger partial charge in [-0.15, -0.1) is 0 Å².